The Balaban J connectivity index is 1.91. The first-order valence-corrected chi connectivity index (χ1v) is 7.33. The number of rotatable bonds is 6. The van der Waals surface area contributed by atoms with Crippen LogP contribution in [0, 0.1) is 10.1 Å². The highest BCUT2D eigenvalue weighted by Gasteiger charge is 2.15. The summed E-state index contributed by atoms with van der Waals surface area (Å²) in [5.74, 6) is -0.469. The normalized spacial score (nSPS) is 11.9. The lowest BCUT2D eigenvalue weighted by molar-refractivity contribution is -0.384. The molecule has 2 aromatic carbocycles. The van der Waals surface area contributed by atoms with E-state index in [9.17, 15) is 14.9 Å². The van der Waals surface area contributed by atoms with Crippen molar-refractivity contribution in [3.63, 3.8) is 0 Å². The standard InChI is InChI=1S/C16H14ClN3O4/c1-11(24-18-10-12-5-7-13(17)8-6-12)16(21)19-14-3-2-4-15(9-14)20(22)23/h2-11H,1H3,(H,19,21)/b18-10+. The number of oxime groups is 1. The van der Waals surface area contributed by atoms with Crippen molar-refractivity contribution >= 4 is 35.1 Å². The van der Waals surface area contributed by atoms with Gasteiger partial charge in [-0.3, -0.25) is 14.9 Å². The second-order valence-electron chi connectivity index (χ2n) is 4.83. The molecule has 1 N–H and O–H groups in total. The van der Waals surface area contributed by atoms with Crippen LogP contribution in [-0.2, 0) is 9.63 Å². The van der Waals surface area contributed by atoms with Crippen LogP contribution in [0.3, 0.4) is 0 Å². The fourth-order valence-electron chi connectivity index (χ4n) is 1.72. The van der Waals surface area contributed by atoms with E-state index < -0.39 is 16.9 Å². The molecule has 1 atom stereocenters. The predicted octanol–water partition coefficient (Wildman–Crippen LogP) is 3.63. The lowest BCUT2D eigenvalue weighted by Gasteiger charge is -2.10. The van der Waals surface area contributed by atoms with Gasteiger partial charge in [0.1, 0.15) is 0 Å². The minimum atomic E-state index is -0.868. The van der Waals surface area contributed by atoms with Gasteiger partial charge in [0.2, 0.25) is 6.10 Å². The maximum absolute atomic E-state index is 12.0. The van der Waals surface area contributed by atoms with E-state index in [2.05, 4.69) is 10.5 Å². The van der Waals surface area contributed by atoms with E-state index in [-0.39, 0.29) is 5.69 Å². The van der Waals surface area contributed by atoms with E-state index in [0.29, 0.717) is 10.7 Å². The zero-order valence-electron chi connectivity index (χ0n) is 12.7. The number of benzene rings is 2. The number of nitro groups is 1. The summed E-state index contributed by atoms with van der Waals surface area (Å²) in [5, 5.41) is 17.6. The first-order valence-electron chi connectivity index (χ1n) is 6.96. The Kier molecular flexibility index (Phi) is 5.86. The summed E-state index contributed by atoms with van der Waals surface area (Å²) in [7, 11) is 0. The number of carbonyl (C=O) groups excluding carboxylic acids is 1. The first-order chi connectivity index (χ1) is 11.5. The van der Waals surface area contributed by atoms with Gasteiger partial charge < -0.3 is 10.2 Å². The fraction of sp³-hybridized carbons (Fsp3) is 0.125. The zero-order valence-corrected chi connectivity index (χ0v) is 13.4. The van der Waals surface area contributed by atoms with Gasteiger partial charge >= 0.3 is 0 Å². The molecule has 1 unspecified atom stereocenters. The molecule has 2 rings (SSSR count). The number of halogens is 1. The summed E-state index contributed by atoms with van der Waals surface area (Å²) in [4.78, 5) is 27.2. The molecule has 0 aromatic heterocycles. The summed E-state index contributed by atoms with van der Waals surface area (Å²) in [6.45, 7) is 1.52. The highest BCUT2D eigenvalue weighted by Crippen LogP contribution is 2.17. The topological polar surface area (TPSA) is 93.8 Å². The predicted molar refractivity (Wildman–Crippen MR) is 91.3 cm³/mol. The number of anilines is 1. The molecule has 8 heteroatoms. The van der Waals surface area contributed by atoms with Gasteiger partial charge in [0.25, 0.3) is 11.6 Å². The minimum absolute atomic E-state index is 0.109. The number of hydrogen-bond donors (Lipinski definition) is 1. The van der Waals surface area contributed by atoms with E-state index in [1.54, 1.807) is 30.3 Å². The van der Waals surface area contributed by atoms with Crippen LogP contribution in [0.1, 0.15) is 12.5 Å². The molecular weight excluding hydrogens is 334 g/mol. The average molecular weight is 348 g/mol. The van der Waals surface area contributed by atoms with Crippen LogP contribution in [0.25, 0.3) is 0 Å². The molecule has 1 amide bonds. The Labute approximate surface area is 143 Å². The fourth-order valence-corrected chi connectivity index (χ4v) is 1.85. The minimum Gasteiger partial charge on any atom is -0.383 e. The summed E-state index contributed by atoms with van der Waals surface area (Å²) in [5.41, 5.74) is 0.971. The number of carbonyl (C=O) groups is 1. The van der Waals surface area contributed by atoms with Gasteiger partial charge in [-0.15, -0.1) is 0 Å². The number of amides is 1. The van der Waals surface area contributed by atoms with Gasteiger partial charge in [-0.05, 0) is 30.7 Å². The molecule has 2 aromatic rings. The van der Waals surface area contributed by atoms with Crippen molar-refractivity contribution in [1.29, 1.82) is 0 Å². The van der Waals surface area contributed by atoms with Crippen molar-refractivity contribution in [2.75, 3.05) is 5.32 Å². The van der Waals surface area contributed by atoms with Crippen LogP contribution in [0.2, 0.25) is 5.02 Å². The van der Waals surface area contributed by atoms with Crippen molar-refractivity contribution in [2.24, 2.45) is 5.16 Å². The van der Waals surface area contributed by atoms with Crippen molar-refractivity contribution in [1.82, 2.24) is 0 Å². The largest absolute Gasteiger partial charge is 0.383 e. The summed E-state index contributed by atoms with van der Waals surface area (Å²) in [6, 6.07) is 12.6. The third-order valence-electron chi connectivity index (χ3n) is 2.98. The molecule has 0 aliphatic heterocycles. The Morgan fingerprint density at radius 1 is 1.33 bits per heavy atom. The molecule has 124 valence electrons. The molecular formula is C16H14ClN3O4. The monoisotopic (exact) mass is 347 g/mol. The molecule has 7 nitrogen and oxygen atoms in total. The number of nitro benzene ring substituents is 1. The highest BCUT2D eigenvalue weighted by molar-refractivity contribution is 6.30. The molecule has 0 fully saturated rings. The second kappa shape index (κ2) is 8.07. The smallest absolute Gasteiger partial charge is 0.271 e. The van der Waals surface area contributed by atoms with Crippen LogP contribution in [-0.4, -0.2) is 23.1 Å². The number of nitrogens with zero attached hydrogens (tertiary/aromatic N) is 2. The van der Waals surface area contributed by atoms with Crippen LogP contribution in [0.5, 0.6) is 0 Å². The third-order valence-corrected chi connectivity index (χ3v) is 3.24. The lowest BCUT2D eigenvalue weighted by atomic mass is 10.2. The van der Waals surface area contributed by atoms with Gasteiger partial charge in [0.15, 0.2) is 0 Å². The quantitative estimate of drug-likeness (QED) is 0.490. The molecule has 0 bridgehead atoms. The zero-order chi connectivity index (χ0) is 17.5. The van der Waals surface area contributed by atoms with Crippen LogP contribution < -0.4 is 5.32 Å². The van der Waals surface area contributed by atoms with E-state index in [1.165, 1.54) is 31.3 Å². The van der Waals surface area contributed by atoms with Crippen molar-refractivity contribution in [3.8, 4) is 0 Å². The van der Waals surface area contributed by atoms with Crippen LogP contribution in [0.15, 0.2) is 53.7 Å². The van der Waals surface area contributed by atoms with Gasteiger partial charge in [0.05, 0.1) is 11.1 Å². The van der Waals surface area contributed by atoms with Gasteiger partial charge in [-0.1, -0.05) is 35.0 Å². The lowest BCUT2D eigenvalue weighted by Crippen LogP contribution is -2.26. The van der Waals surface area contributed by atoms with Gasteiger partial charge in [-0.25, -0.2) is 0 Å². The average Bonchev–Trinajstić information content (AvgIpc) is 2.56. The van der Waals surface area contributed by atoms with E-state index in [4.69, 9.17) is 16.4 Å². The second-order valence-corrected chi connectivity index (χ2v) is 5.27. The van der Waals surface area contributed by atoms with Crippen molar-refractivity contribution in [2.45, 2.75) is 13.0 Å². The SMILES string of the molecule is CC(O/N=C/c1ccc(Cl)cc1)C(=O)Nc1cccc([N+](=O)[O-])c1. The maximum atomic E-state index is 12.0. The molecule has 24 heavy (non-hydrogen) atoms. The molecule has 0 saturated heterocycles. The third kappa shape index (κ3) is 5.06. The Morgan fingerprint density at radius 3 is 2.71 bits per heavy atom. The molecule has 0 saturated carbocycles. The molecule has 0 aliphatic rings. The summed E-state index contributed by atoms with van der Waals surface area (Å²) >= 11 is 5.77. The van der Waals surface area contributed by atoms with Crippen molar-refractivity contribution in [3.05, 3.63) is 69.2 Å². The Bertz CT molecular complexity index is 762. The summed E-state index contributed by atoms with van der Waals surface area (Å²) < 4.78 is 0. The van der Waals surface area contributed by atoms with Crippen LogP contribution >= 0.6 is 11.6 Å². The molecule has 0 radical (unpaired) electrons. The molecule has 0 heterocycles. The van der Waals surface area contributed by atoms with E-state index >= 15 is 0 Å². The van der Waals surface area contributed by atoms with E-state index in [1.807, 2.05) is 0 Å². The summed E-state index contributed by atoms with van der Waals surface area (Å²) in [6.07, 6.45) is 0.584. The van der Waals surface area contributed by atoms with Gasteiger partial charge in [-0.2, -0.15) is 0 Å². The molecule has 0 spiro atoms. The number of nitrogens with one attached hydrogen (secondary N) is 1. The Morgan fingerprint density at radius 2 is 2.04 bits per heavy atom. The van der Waals surface area contributed by atoms with Crippen molar-refractivity contribution < 1.29 is 14.6 Å². The Hall–Kier alpha value is -2.93. The van der Waals surface area contributed by atoms with E-state index in [0.717, 1.165) is 5.56 Å². The number of non-ortho nitro benzene ring substituents is 1. The number of hydrogen-bond acceptors (Lipinski definition) is 5. The maximum Gasteiger partial charge on any atom is 0.271 e. The van der Waals surface area contributed by atoms with Crippen LogP contribution in [0.4, 0.5) is 11.4 Å². The molecule has 0 aliphatic carbocycles. The first kappa shape index (κ1) is 17.4. The van der Waals surface area contributed by atoms with Gasteiger partial charge in [0, 0.05) is 22.8 Å². The highest BCUT2D eigenvalue weighted by atomic mass is 35.5.